The van der Waals surface area contributed by atoms with Gasteiger partial charge in [-0.1, -0.05) is 36.4 Å². The Morgan fingerprint density at radius 2 is 1.74 bits per heavy atom. The number of amides is 2. The fraction of sp³-hybridized carbons (Fsp3) is 0.231. The largest absolute Gasteiger partial charge is 0.489 e. The molecular weight excluding hydrogens is 455 g/mol. The number of benzene rings is 3. The highest BCUT2D eigenvalue weighted by Crippen LogP contribution is 2.22. The third-order valence-electron chi connectivity index (χ3n) is 4.79. The zero-order valence-electron chi connectivity index (χ0n) is 18.9. The Morgan fingerprint density at radius 3 is 2.50 bits per heavy atom. The molecule has 0 saturated carbocycles. The van der Waals surface area contributed by atoms with Gasteiger partial charge in [0.2, 0.25) is 5.91 Å². The van der Waals surface area contributed by atoms with Crippen LogP contribution in [-0.2, 0) is 22.7 Å². The number of hydrogen-bond donors (Lipinski definition) is 2. The van der Waals surface area contributed by atoms with Crippen molar-refractivity contribution in [3.8, 4) is 5.75 Å². The number of rotatable bonds is 12. The topological polar surface area (TPSA) is 76.7 Å². The highest BCUT2D eigenvalue weighted by molar-refractivity contribution is 8.00. The van der Waals surface area contributed by atoms with Crippen molar-refractivity contribution in [2.45, 2.75) is 18.0 Å². The first-order chi connectivity index (χ1) is 16.5. The fourth-order valence-corrected chi connectivity index (χ4v) is 3.92. The van der Waals surface area contributed by atoms with E-state index in [2.05, 4.69) is 10.6 Å². The molecule has 3 rings (SSSR count). The zero-order valence-corrected chi connectivity index (χ0v) is 19.7. The van der Waals surface area contributed by atoms with E-state index in [1.165, 1.54) is 23.9 Å². The number of halogens is 1. The molecule has 0 radical (unpaired) electrons. The first kappa shape index (κ1) is 25.3. The van der Waals surface area contributed by atoms with Crippen LogP contribution in [0.25, 0.3) is 0 Å². The number of ether oxygens (including phenoxy) is 2. The number of hydrogen-bond acceptors (Lipinski definition) is 5. The minimum atomic E-state index is -0.294. The average Bonchev–Trinajstić information content (AvgIpc) is 2.86. The predicted octanol–water partition coefficient (Wildman–Crippen LogP) is 4.19. The van der Waals surface area contributed by atoms with Gasteiger partial charge < -0.3 is 20.1 Å². The van der Waals surface area contributed by atoms with Crippen LogP contribution >= 0.6 is 11.8 Å². The van der Waals surface area contributed by atoms with E-state index < -0.39 is 0 Å². The Hall–Kier alpha value is -3.36. The Bertz CT molecular complexity index is 1090. The lowest BCUT2D eigenvalue weighted by molar-refractivity contribution is -0.118. The summed E-state index contributed by atoms with van der Waals surface area (Å²) in [6, 6.07) is 20.8. The standard InChI is InChI=1S/C26H27FN2O4S/c1-32-14-13-28-25(30)18-34-24-8-3-2-7-23(24)26(31)29-16-19-9-11-22(12-10-19)33-17-20-5-4-6-21(27)15-20/h2-12,15H,13-14,16-18H2,1H3,(H,28,30)(H,29,31). The van der Waals surface area contributed by atoms with Crippen molar-refractivity contribution >= 4 is 23.6 Å². The maximum Gasteiger partial charge on any atom is 0.252 e. The lowest BCUT2D eigenvalue weighted by Gasteiger charge is -2.11. The molecule has 8 heteroatoms. The molecule has 0 aliphatic heterocycles. The fourth-order valence-electron chi connectivity index (χ4n) is 3.04. The van der Waals surface area contributed by atoms with E-state index >= 15 is 0 Å². The Morgan fingerprint density at radius 1 is 0.941 bits per heavy atom. The lowest BCUT2D eigenvalue weighted by Crippen LogP contribution is -2.28. The van der Waals surface area contributed by atoms with Gasteiger partial charge in [0, 0.05) is 25.1 Å². The van der Waals surface area contributed by atoms with Gasteiger partial charge >= 0.3 is 0 Å². The van der Waals surface area contributed by atoms with Crippen LogP contribution in [0.4, 0.5) is 4.39 Å². The van der Waals surface area contributed by atoms with Crippen LogP contribution in [0, 0.1) is 5.82 Å². The molecule has 0 fully saturated rings. The minimum Gasteiger partial charge on any atom is -0.489 e. The summed E-state index contributed by atoms with van der Waals surface area (Å²) in [5.74, 6) is 0.249. The quantitative estimate of drug-likeness (QED) is 0.299. The molecule has 3 aromatic carbocycles. The van der Waals surface area contributed by atoms with Crippen molar-refractivity contribution in [1.82, 2.24) is 10.6 Å². The Labute approximate surface area is 202 Å². The molecular formula is C26H27FN2O4S. The zero-order chi connectivity index (χ0) is 24.2. The highest BCUT2D eigenvalue weighted by atomic mass is 32.2. The van der Waals surface area contributed by atoms with Gasteiger partial charge in [-0.2, -0.15) is 0 Å². The molecule has 0 bridgehead atoms. The van der Waals surface area contributed by atoms with E-state index in [4.69, 9.17) is 9.47 Å². The van der Waals surface area contributed by atoms with Crippen molar-refractivity contribution in [3.05, 3.63) is 95.3 Å². The average molecular weight is 483 g/mol. The first-order valence-corrected chi connectivity index (χ1v) is 11.8. The van der Waals surface area contributed by atoms with E-state index in [1.807, 2.05) is 36.4 Å². The van der Waals surface area contributed by atoms with E-state index in [9.17, 15) is 14.0 Å². The molecule has 0 unspecified atom stereocenters. The number of carbonyl (C=O) groups is 2. The molecule has 0 spiro atoms. The number of carbonyl (C=O) groups excluding carboxylic acids is 2. The van der Waals surface area contributed by atoms with Crippen molar-refractivity contribution < 1.29 is 23.5 Å². The second kappa shape index (κ2) is 13.4. The predicted molar refractivity (Wildman–Crippen MR) is 130 cm³/mol. The summed E-state index contributed by atoms with van der Waals surface area (Å²) >= 11 is 1.32. The molecule has 0 aliphatic carbocycles. The lowest BCUT2D eigenvalue weighted by atomic mass is 10.2. The van der Waals surface area contributed by atoms with Crippen LogP contribution in [0.1, 0.15) is 21.5 Å². The van der Waals surface area contributed by atoms with Crippen LogP contribution in [0.15, 0.2) is 77.7 Å². The van der Waals surface area contributed by atoms with Crippen molar-refractivity contribution in [2.24, 2.45) is 0 Å². The second-order valence-electron chi connectivity index (χ2n) is 7.37. The van der Waals surface area contributed by atoms with E-state index in [-0.39, 0.29) is 30.0 Å². The summed E-state index contributed by atoms with van der Waals surface area (Å²) in [6.45, 7) is 1.52. The van der Waals surface area contributed by atoms with E-state index in [0.717, 1.165) is 16.0 Å². The molecule has 0 saturated heterocycles. The van der Waals surface area contributed by atoms with Gasteiger partial charge in [-0.3, -0.25) is 9.59 Å². The van der Waals surface area contributed by atoms with Gasteiger partial charge in [0.1, 0.15) is 18.2 Å². The summed E-state index contributed by atoms with van der Waals surface area (Å²) in [5, 5.41) is 5.68. The summed E-state index contributed by atoms with van der Waals surface area (Å²) in [7, 11) is 1.58. The first-order valence-electron chi connectivity index (χ1n) is 10.8. The van der Waals surface area contributed by atoms with Crippen LogP contribution < -0.4 is 15.4 Å². The SMILES string of the molecule is COCCNC(=O)CSc1ccccc1C(=O)NCc1ccc(OCc2cccc(F)c2)cc1. The summed E-state index contributed by atoms with van der Waals surface area (Å²) < 4.78 is 23.9. The Balaban J connectivity index is 1.49. The van der Waals surface area contributed by atoms with Gasteiger partial charge in [0.05, 0.1) is 17.9 Å². The molecule has 3 aromatic rings. The maximum absolute atomic E-state index is 13.3. The Kier molecular flexibility index (Phi) is 9.94. The maximum atomic E-state index is 13.3. The van der Waals surface area contributed by atoms with Gasteiger partial charge in [0.25, 0.3) is 5.91 Å². The monoisotopic (exact) mass is 482 g/mol. The molecule has 0 heterocycles. The number of methoxy groups -OCH3 is 1. The third-order valence-corrected chi connectivity index (χ3v) is 5.86. The minimum absolute atomic E-state index is 0.114. The molecule has 2 amide bonds. The molecule has 6 nitrogen and oxygen atoms in total. The van der Waals surface area contributed by atoms with Crippen molar-refractivity contribution in [3.63, 3.8) is 0 Å². The summed E-state index contributed by atoms with van der Waals surface area (Å²) in [5.41, 5.74) is 2.18. The van der Waals surface area contributed by atoms with Gasteiger partial charge in [-0.15, -0.1) is 11.8 Å². The van der Waals surface area contributed by atoms with Crippen LogP contribution in [-0.4, -0.2) is 37.8 Å². The number of thioether (sulfide) groups is 1. The molecule has 178 valence electrons. The van der Waals surface area contributed by atoms with Gasteiger partial charge in [-0.05, 0) is 47.5 Å². The van der Waals surface area contributed by atoms with Crippen molar-refractivity contribution in [2.75, 3.05) is 26.0 Å². The van der Waals surface area contributed by atoms with E-state index in [0.29, 0.717) is 31.0 Å². The third kappa shape index (κ3) is 8.20. The van der Waals surface area contributed by atoms with E-state index in [1.54, 1.807) is 31.4 Å². The molecule has 2 N–H and O–H groups in total. The summed E-state index contributed by atoms with van der Waals surface area (Å²) in [6.07, 6.45) is 0. The van der Waals surface area contributed by atoms with Crippen LogP contribution in [0.2, 0.25) is 0 Å². The number of nitrogens with one attached hydrogen (secondary N) is 2. The normalized spacial score (nSPS) is 10.5. The molecule has 34 heavy (non-hydrogen) atoms. The van der Waals surface area contributed by atoms with Gasteiger partial charge in [0.15, 0.2) is 0 Å². The van der Waals surface area contributed by atoms with Crippen molar-refractivity contribution in [1.29, 1.82) is 0 Å². The summed E-state index contributed by atoms with van der Waals surface area (Å²) in [4.78, 5) is 25.4. The molecule has 0 atom stereocenters. The van der Waals surface area contributed by atoms with Crippen LogP contribution in [0.5, 0.6) is 5.75 Å². The molecule has 0 aromatic heterocycles. The second-order valence-corrected chi connectivity index (χ2v) is 8.39. The smallest absolute Gasteiger partial charge is 0.252 e. The highest BCUT2D eigenvalue weighted by Gasteiger charge is 2.12. The molecule has 0 aliphatic rings. The van der Waals surface area contributed by atoms with Crippen LogP contribution in [0.3, 0.4) is 0 Å². The van der Waals surface area contributed by atoms with Gasteiger partial charge in [-0.25, -0.2) is 4.39 Å².